The van der Waals surface area contributed by atoms with Crippen LogP contribution in [0.5, 0.6) is 0 Å². The highest BCUT2D eigenvalue weighted by Crippen LogP contribution is 2.07. The Morgan fingerprint density at radius 1 is 1.40 bits per heavy atom. The quantitative estimate of drug-likeness (QED) is 0.825. The van der Waals surface area contributed by atoms with Crippen molar-refractivity contribution in [1.82, 2.24) is 9.55 Å². The van der Waals surface area contributed by atoms with E-state index in [1.165, 1.54) is 12.3 Å². The summed E-state index contributed by atoms with van der Waals surface area (Å²) in [5.74, 6) is -0.311. The number of aromatic nitrogens is 2. The zero-order chi connectivity index (χ0) is 10.7. The van der Waals surface area contributed by atoms with E-state index in [0.29, 0.717) is 13.1 Å². The van der Waals surface area contributed by atoms with Gasteiger partial charge < -0.3 is 10.3 Å². The van der Waals surface area contributed by atoms with Crippen molar-refractivity contribution in [3.05, 3.63) is 53.9 Å². The van der Waals surface area contributed by atoms with Gasteiger partial charge in [0.05, 0.1) is 6.20 Å². The molecule has 0 aromatic carbocycles. The van der Waals surface area contributed by atoms with Crippen LogP contribution in [0.1, 0.15) is 11.3 Å². The highest BCUT2D eigenvalue weighted by molar-refractivity contribution is 5.14. The van der Waals surface area contributed by atoms with Crippen LogP contribution in [-0.2, 0) is 13.1 Å². The van der Waals surface area contributed by atoms with Crippen molar-refractivity contribution in [3.8, 4) is 0 Å². The first kappa shape index (κ1) is 9.86. The maximum atomic E-state index is 12.9. The van der Waals surface area contributed by atoms with Gasteiger partial charge in [0, 0.05) is 31.2 Å². The van der Waals surface area contributed by atoms with Gasteiger partial charge in [0.2, 0.25) is 0 Å². The topological polar surface area (TPSA) is 43.8 Å². The fraction of sp³-hybridized carbons (Fsp3) is 0.182. The average Bonchev–Trinajstić information content (AvgIpc) is 2.65. The molecule has 0 aliphatic rings. The Balaban J connectivity index is 2.22. The molecule has 0 radical (unpaired) electrons. The van der Waals surface area contributed by atoms with Crippen molar-refractivity contribution in [2.45, 2.75) is 13.1 Å². The standard InChI is InChI=1S/C11H12FN3/c12-10-4-9(6-14-7-10)8-15-3-1-2-11(15)5-13/h1-4,6-7H,5,8,13H2. The Bertz CT molecular complexity index is 451. The molecule has 0 amide bonds. The first-order chi connectivity index (χ1) is 7.29. The third kappa shape index (κ3) is 2.22. The Kier molecular flexibility index (Phi) is 2.78. The first-order valence-electron chi connectivity index (χ1n) is 4.73. The summed E-state index contributed by atoms with van der Waals surface area (Å²) in [6.45, 7) is 1.08. The molecular weight excluding hydrogens is 193 g/mol. The van der Waals surface area contributed by atoms with Gasteiger partial charge in [-0.05, 0) is 23.8 Å². The molecule has 0 unspecified atom stereocenters. The van der Waals surface area contributed by atoms with Gasteiger partial charge in [0.15, 0.2) is 0 Å². The lowest BCUT2D eigenvalue weighted by molar-refractivity contribution is 0.615. The van der Waals surface area contributed by atoms with Gasteiger partial charge >= 0.3 is 0 Å². The monoisotopic (exact) mass is 205 g/mol. The van der Waals surface area contributed by atoms with Crippen LogP contribution in [0.25, 0.3) is 0 Å². The zero-order valence-electron chi connectivity index (χ0n) is 8.23. The Morgan fingerprint density at radius 2 is 2.27 bits per heavy atom. The maximum Gasteiger partial charge on any atom is 0.141 e. The highest BCUT2D eigenvalue weighted by Gasteiger charge is 2.01. The van der Waals surface area contributed by atoms with Gasteiger partial charge in [-0.1, -0.05) is 0 Å². The molecule has 3 nitrogen and oxygen atoms in total. The van der Waals surface area contributed by atoms with Crippen LogP contribution in [0, 0.1) is 5.82 Å². The van der Waals surface area contributed by atoms with Gasteiger partial charge in [-0.2, -0.15) is 0 Å². The minimum atomic E-state index is -0.311. The molecular formula is C11H12FN3. The molecule has 15 heavy (non-hydrogen) atoms. The summed E-state index contributed by atoms with van der Waals surface area (Å²) in [6, 6.07) is 5.36. The van der Waals surface area contributed by atoms with Gasteiger partial charge in [0.25, 0.3) is 0 Å². The Morgan fingerprint density at radius 3 is 3.00 bits per heavy atom. The minimum Gasteiger partial charge on any atom is -0.346 e. The molecule has 2 heterocycles. The van der Waals surface area contributed by atoms with Crippen molar-refractivity contribution >= 4 is 0 Å². The van der Waals surface area contributed by atoms with E-state index in [2.05, 4.69) is 4.98 Å². The number of halogens is 1. The molecule has 0 bridgehead atoms. The van der Waals surface area contributed by atoms with Crippen molar-refractivity contribution in [1.29, 1.82) is 0 Å². The number of nitrogens with two attached hydrogens (primary N) is 1. The number of hydrogen-bond acceptors (Lipinski definition) is 2. The van der Waals surface area contributed by atoms with Gasteiger partial charge in [-0.15, -0.1) is 0 Å². The molecule has 0 saturated heterocycles. The van der Waals surface area contributed by atoms with E-state index in [-0.39, 0.29) is 5.82 Å². The molecule has 2 N–H and O–H groups in total. The second-order valence-corrected chi connectivity index (χ2v) is 3.34. The lowest BCUT2D eigenvalue weighted by atomic mass is 10.3. The van der Waals surface area contributed by atoms with E-state index in [1.54, 1.807) is 6.20 Å². The second kappa shape index (κ2) is 4.23. The van der Waals surface area contributed by atoms with Crippen LogP contribution in [0.15, 0.2) is 36.8 Å². The fourth-order valence-electron chi connectivity index (χ4n) is 1.53. The molecule has 78 valence electrons. The molecule has 0 aliphatic carbocycles. The number of nitrogens with zero attached hydrogens (tertiary/aromatic N) is 2. The maximum absolute atomic E-state index is 12.9. The Hall–Kier alpha value is -1.68. The number of hydrogen-bond donors (Lipinski definition) is 1. The predicted molar refractivity (Wildman–Crippen MR) is 55.6 cm³/mol. The summed E-state index contributed by atoms with van der Waals surface area (Å²) in [5, 5.41) is 0. The summed E-state index contributed by atoms with van der Waals surface area (Å²) >= 11 is 0. The van der Waals surface area contributed by atoms with E-state index in [0.717, 1.165) is 11.3 Å². The lowest BCUT2D eigenvalue weighted by Crippen LogP contribution is -2.07. The van der Waals surface area contributed by atoms with Crippen LogP contribution in [0.4, 0.5) is 4.39 Å². The van der Waals surface area contributed by atoms with Crippen molar-refractivity contribution < 1.29 is 4.39 Å². The van der Waals surface area contributed by atoms with Gasteiger partial charge in [-0.3, -0.25) is 4.98 Å². The fourth-order valence-corrected chi connectivity index (χ4v) is 1.53. The third-order valence-electron chi connectivity index (χ3n) is 2.25. The lowest BCUT2D eigenvalue weighted by Gasteiger charge is -2.07. The summed E-state index contributed by atoms with van der Waals surface area (Å²) in [7, 11) is 0. The van der Waals surface area contributed by atoms with Crippen molar-refractivity contribution in [2.75, 3.05) is 0 Å². The molecule has 2 rings (SSSR count). The molecule has 2 aromatic rings. The average molecular weight is 205 g/mol. The van der Waals surface area contributed by atoms with Crippen molar-refractivity contribution in [2.24, 2.45) is 5.73 Å². The summed E-state index contributed by atoms with van der Waals surface area (Å²) in [5.41, 5.74) is 7.43. The largest absolute Gasteiger partial charge is 0.346 e. The van der Waals surface area contributed by atoms with Crippen LogP contribution in [-0.4, -0.2) is 9.55 Å². The van der Waals surface area contributed by atoms with Crippen LogP contribution in [0.2, 0.25) is 0 Å². The third-order valence-corrected chi connectivity index (χ3v) is 2.25. The molecule has 0 spiro atoms. The second-order valence-electron chi connectivity index (χ2n) is 3.34. The molecule has 2 aromatic heterocycles. The highest BCUT2D eigenvalue weighted by atomic mass is 19.1. The summed E-state index contributed by atoms with van der Waals surface area (Å²) in [4.78, 5) is 3.80. The van der Waals surface area contributed by atoms with Gasteiger partial charge in [-0.25, -0.2) is 4.39 Å². The summed E-state index contributed by atoms with van der Waals surface area (Å²) in [6.07, 6.45) is 4.78. The normalized spacial score (nSPS) is 10.5. The summed E-state index contributed by atoms with van der Waals surface area (Å²) < 4.78 is 14.9. The molecule has 4 heteroatoms. The first-order valence-corrected chi connectivity index (χ1v) is 4.73. The van der Waals surface area contributed by atoms with E-state index in [1.807, 2.05) is 22.9 Å². The van der Waals surface area contributed by atoms with E-state index >= 15 is 0 Å². The Labute approximate surface area is 87.4 Å². The predicted octanol–water partition coefficient (Wildman–Crippen LogP) is 1.53. The zero-order valence-corrected chi connectivity index (χ0v) is 8.23. The number of pyridine rings is 1. The van der Waals surface area contributed by atoms with E-state index in [9.17, 15) is 4.39 Å². The van der Waals surface area contributed by atoms with Gasteiger partial charge in [0.1, 0.15) is 5.82 Å². The molecule has 0 aliphatic heterocycles. The number of rotatable bonds is 3. The van der Waals surface area contributed by atoms with E-state index in [4.69, 9.17) is 5.73 Å². The smallest absolute Gasteiger partial charge is 0.141 e. The van der Waals surface area contributed by atoms with Crippen molar-refractivity contribution in [3.63, 3.8) is 0 Å². The molecule has 0 fully saturated rings. The molecule has 0 saturated carbocycles. The molecule has 0 atom stereocenters. The van der Waals surface area contributed by atoms with Crippen LogP contribution in [0.3, 0.4) is 0 Å². The SMILES string of the molecule is NCc1cccn1Cc1cncc(F)c1. The van der Waals surface area contributed by atoms with E-state index < -0.39 is 0 Å². The minimum absolute atomic E-state index is 0.311. The van der Waals surface area contributed by atoms with Crippen LogP contribution >= 0.6 is 0 Å². The van der Waals surface area contributed by atoms with Crippen LogP contribution < -0.4 is 5.73 Å².